The number of aromatic amines is 1. The topological polar surface area (TPSA) is 66.1 Å². The number of nitrogens with one attached hydrogen (secondary N) is 2. The van der Waals surface area contributed by atoms with Gasteiger partial charge in [-0.1, -0.05) is 18.2 Å². The maximum absolute atomic E-state index is 5.88. The van der Waals surface area contributed by atoms with Crippen molar-refractivity contribution in [3.05, 3.63) is 66.4 Å². The molecule has 1 fully saturated rings. The number of anilines is 3. The first-order chi connectivity index (χ1) is 14.2. The Morgan fingerprint density at radius 1 is 0.931 bits per heavy atom. The van der Waals surface area contributed by atoms with Gasteiger partial charge in [-0.2, -0.15) is 9.97 Å². The zero-order valence-electron chi connectivity index (χ0n) is 16.4. The van der Waals surface area contributed by atoms with Crippen LogP contribution in [0.5, 0.6) is 11.5 Å². The molecular weight excluding hydrogens is 362 g/mol. The van der Waals surface area contributed by atoms with Gasteiger partial charge in [-0.3, -0.25) is 0 Å². The molecule has 0 bridgehead atoms. The summed E-state index contributed by atoms with van der Waals surface area (Å²) in [7, 11) is 0. The lowest BCUT2D eigenvalue weighted by Crippen LogP contribution is -2.20. The molecule has 0 amide bonds. The second kappa shape index (κ2) is 7.47. The van der Waals surface area contributed by atoms with Gasteiger partial charge in [-0.15, -0.1) is 0 Å². The molecule has 146 valence electrons. The van der Waals surface area contributed by atoms with E-state index in [1.807, 2.05) is 61.5 Å². The first kappa shape index (κ1) is 17.6. The summed E-state index contributed by atoms with van der Waals surface area (Å²) in [6, 6.07) is 19.8. The fourth-order valence-electron chi connectivity index (χ4n) is 3.65. The van der Waals surface area contributed by atoms with E-state index in [4.69, 9.17) is 14.7 Å². The number of benzene rings is 2. The molecule has 29 heavy (non-hydrogen) atoms. The predicted octanol–water partition coefficient (Wildman–Crippen LogP) is 5.40. The van der Waals surface area contributed by atoms with Crippen LogP contribution >= 0.6 is 0 Å². The highest BCUT2D eigenvalue weighted by atomic mass is 16.5. The first-order valence-corrected chi connectivity index (χ1v) is 9.97. The normalized spacial score (nSPS) is 13.8. The number of rotatable bonds is 5. The number of para-hydroxylation sites is 1. The van der Waals surface area contributed by atoms with E-state index in [9.17, 15) is 0 Å². The Kier molecular flexibility index (Phi) is 4.52. The Labute approximate surface area is 169 Å². The van der Waals surface area contributed by atoms with Crippen LogP contribution in [-0.4, -0.2) is 28.0 Å². The van der Waals surface area contributed by atoms with Crippen LogP contribution in [0.2, 0.25) is 0 Å². The number of fused-ring (bicyclic) bond motifs is 1. The van der Waals surface area contributed by atoms with E-state index in [-0.39, 0.29) is 0 Å². The number of aromatic nitrogens is 3. The molecule has 5 rings (SSSR count). The standard InChI is InChI=1S/C23H23N5O/c1-16-15-20-21(24-16)26-23(28-13-5-6-14-28)27-22(20)25-17-9-11-19(12-10-17)29-18-7-3-2-4-8-18/h2-4,7-12,15H,5-6,13-14H2,1H3,(H2,24,25,26,27). The third-order valence-corrected chi connectivity index (χ3v) is 5.10. The number of nitrogens with zero attached hydrogens (tertiary/aromatic N) is 3. The van der Waals surface area contributed by atoms with Gasteiger partial charge in [0.05, 0.1) is 5.39 Å². The number of H-pyrrole nitrogens is 1. The van der Waals surface area contributed by atoms with Crippen molar-refractivity contribution < 1.29 is 4.74 Å². The van der Waals surface area contributed by atoms with Crippen LogP contribution in [-0.2, 0) is 0 Å². The fraction of sp³-hybridized carbons (Fsp3) is 0.217. The van der Waals surface area contributed by atoms with Crippen molar-refractivity contribution in [2.75, 3.05) is 23.3 Å². The number of aryl methyl sites for hydroxylation is 1. The average molecular weight is 385 g/mol. The lowest BCUT2D eigenvalue weighted by Gasteiger charge is -2.17. The summed E-state index contributed by atoms with van der Waals surface area (Å²) < 4.78 is 5.88. The summed E-state index contributed by atoms with van der Waals surface area (Å²) in [5, 5.41) is 4.46. The first-order valence-electron chi connectivity index (χ1n) is 9.97. The highest BCUT2D eigenvalue weighted by Crippen LogP contribution is 2.29. The van der Waals surface area contributed by atoms with Crippen LogP contribution in [0.15, 0.2) is 60.7 Å². The largest absolute Gasteiger partial charge is 0.457 e. The second-order valence-corrected chi connectivity index (χ2v) is 7.35. The third-order valence-electron chi connectivity index (χ3n) is 5.10. The summed E-state index contributed by atoms with van der Waals surface area (Å²) in [5.74, 6) is 3.22. The van der Waals surface area contributed by atoms with E-state index < -0.39 is 0 Å². The Balaban J connectivity index is 1.41. The van der Waals surface area contributed by atoms with E-state index in [1.165, 1.54) is 12.8 Å². The summed E-state index contributed by atoms with van der Waals surface area (Å²) >= 11 is 0. The fourth-order valence-corrected chi connectivity index (χ4v) is 3.65. The number of hydrogen-bond acceptors (Lipinski definition) is 5. The van der Waals surface area contributed by atoms with Crippen LogP contribution in [0.3, 0.4) is 0 Å². The lowest BCUT2D eigenvalue weighted by atomic mass is 10.2. The molecule has 0 spiro atoms. The van der Waals surface area contributed by atoms with E-state index in [0.717, 1.165) is 58.8 Å². The Bertz CT molecular complexity index is 1120. The van der Waals surface area contributed by atoms with Gasteiger partial charge in [0.2, 0.25) is 5.95 Å². The van der Waals surface area contributed by atoms with Crippen molar-refractivity contribution in [2.45, 2.75) is 19.8 Å². The molecule has 4 aromatic rings. The van der Waals surface area contributed by atoms with Gasteiger partial charge in [0.1, 0.15) is 23.0 Å². The molecule has 0 aliphatic carbocycles. The van der Waals surface area contributed by atoms with Crippen molar-refractivity contribution in [3.8, 4) is 11.5 Å². The summed E-state index contributed by atoms with van der Waals surface area (Å²) in [4.78, 5) is 15.2. The smallest absolute Gasteiger partial charge is 0.229 e. The molecule has 2 aromatic heterocycles. The quantitative estimate of drug-likeness (QED) is 0.481. The zero-order chi connectivity index (χ0) is 19.6. The SMILES string of the molecule is Cc1cc2c(Nc3ccc(Oc4ccccc4)cc3)nc(N3CCCC3)nc2[nH]1. The molecule has 6 nitrogen and oxygen atoms in total. The maximum atomic E-state index is 5.88. The molecular formula is C23H23N5O. The van der Waals surface area contributed by atoms with Crippen LogP contribution in [0.1, 0.15) is 18.5 Å². The Morgan fingerprint density at radius 2 is 1.66 bits per heavy atom. The summed E-state index contributed by atoms with van der Waals surface area (Å²) in [6.07, 6.45) is 2.38. The predicted molar refractivity (Wildman–Crippen MR) is 116 cm³/mol. The van der Waals surface area contributed by atoms with Gasteiger partial charge in [0, 0.05) is 24.5 Å². The molecule has 1 saturated heterocycles. The minimum absolute atomic E-state index is 0.781. The Hall–Kier alpha value is -3.54. The minimum Gasteiger partial charge on any atom is -0.457 e. The van der Waals surface area contributed by atoms with Crippen LogP contribution in [0, 0.1) is 6.92 Å². The van der Waals surface area contributed by atoms with Gasteiger partial charge >= 0.3 is 0 Å². The molecule has 6 heteroatoms. The van der Waals surface area contributed by atoms with Crippen molar-refractivity contribution in [2.24, 2.45) is 0 Å². The number of ether oxygens (including phenoxy) is 1. The summed E-state index contributed by atoms with van der Waals surface area (Å²) in [5.41, 5.74) is 2.89. The average Bonchev–Trinajstić information content (AvgIpc) is 3.39. The molecule has 0 atom stereocenters. The van der Waals surface area contributed by atoms with E-state index in [2.05, 4.69) is 21.3 Å². The zero-order valence-corrected chi connectivity index (χ0v) is 16.4. The second-order valence-electron chi connectivity index (χ2n) is 7.35. The maximum Gasteiger partial charge on any atom is 0.229 e. The van der Waals surface area contributed by atoms with Crippen LogP contribution in [0.25, 0.3) is 11.0 Å². The third kappa shape index (κ3) is 3.74. The molecule has 0 radical (unpaired) electrons. The van der Waals surface area contributed by atoms with E-state index in [1.54, 1.807) is 0 Å². The highest BCUT2D eigenvalue weighted by molar-refractivity contribution is 5.90. The van der Waals surface area contributed by atoms with Crippen LogP contribution < -0.4 is 15.0 Å². The van der Waals surface area contributed by atoms with Crippen LogP contribution in [0.4, 0.5) is 17.5 Å². The van der Waals surface area contributed by atoms with Gasteiger partial charge in [0.25, 0.3) is 0 Å². The van der Waals surface area contributed by atoms with Gasteiger partial charge < -0.3 is 19.9 Å². The van der Waals surface area contributed by atoms with Crippen molar-refractivity contribution >= 4 is 28.5 Å². The van der Waals surface area contributed by atoms with E-state index in [0.29, 0.717) is 0 Å². The van der Waals surface area contributed by atoms with Crippen molar-refractivity contribution in [1.82, 2.24) is 15.0 Å². The van der Waals surface area contributed by atoms with Gasteiger partial charge in [-0.05, 0) is 62.2 Å². The molecule has 2 N–H and O–H groups in total. The highest BCUT2D eigenvalue weighted by Gasteiger charge is 2.18. The summed E-state index contributed by atoms with van der Waals surface area (Å²) in [6.45, 7) is 4.06. The van der Waals surface area contributed by atoms with Crippen molar-refractivity contribution in [1.29, 1.82) is 0 Å². The molecule has 0 saturated carbocycles. The molecule has 1 aliphatic heterocycles. The number of hydrogen-bond donors (Lipinski definition) is 2. The molecule has 1 aliphatic rings. The molecule has 0 unspecified atom stereocenters. The monoisotopic (exact) mass is 385 g/mol. The molecule has 3 heterocycles. The van der Waals surface area contributed by atoms with E-state index >= 15 is 0 Å². The minimum atomic E-state index is 0.781. The van der Waals surface area contributed by atoms with Crippen molar-refractivity contribution in [3.63, 3.8) is 0 Å². The lowest BCUT2D eigenvalue weighted by molar-refractivity contribution is 0.483. The Morgan fingerprint density at radius 3 is 2.41 bits per heavy atom. The van der Waals surface area contributed by atoms with Gasteiger partial charge in [0.15, 0.2) is 0 Å². The van der Waals surface area contributed by atoms with Gasteiger partial charge in [-0.25, -0.2) is 0 Å². The molecule has 2 aromatic carbocycles.